The first kappa shape index (κ1) is 18.6. The van der Waals surface area contributed by atoms with Crippen molar-refractivity contribution in [1.29, 1.82) is 0 Å². The number of carbonyl (C=O) groups excluding carboxylic acids is 2. The Kier molecular flexibility index (Phi) is 8.15. The summed E-state index contributed by atoms with van der Waals surface area (Å²) in [6, 6.07) is -3.58. The fourth-order valence-corrected chi connectivity index (χ4v) is 1.40. The normalized spacial score (nSPS) is 16.6. The Balaban J connectivity index is 4.79. The summed E-state index contributed by atoms with van der Waals surface area (Å²) in [4.78, 5) is 34.2. The molecule has 0 aromatic carbocycles. The average Bonchev–Trinajstić information content (AvgIpc) is 2.39. The molecule has 20 heavy (non-hydrogen) atoms. The smallest absolute Gasteiger partial charge is 0.327 e. The third-order valence-electron chi connectivity index (χ3n) is 2.45. The maximum absolute atomic E-state index is 11.8. The first-order valence-electron chi connectivity index (χ1n) is 5.82. The van der Waals surface area contributed by atoms with Crippen molar-refractivity contribution in [2.45, 2.75) is 31.2 Å². The van der Waals surface area contributed by atoms with Gasteiger partial charge < -0.3 is 32.3 Å². The molecule has 8 N–H and O–H groups in total. The first-order valence-corrected chi connectivity index (χ1v) is 6.45. The number of amides is 2. The largest absolute Gasteiger partial charge is 0.480 e. The first-order chi connectivity index (χ1) is 9.24. The van der Waals surface area contributed by atoms with Gasteiger partial charge in [0.05, 0.1) is 12.1 Å². The van der Waals surface area contributed by atoms with E-state index >= 15 is 0 Å². The zero-order valence-electron chi connectivity index (χ0n) is 10.9. The number of hydrogen-bond acceptors (Lipinski definition) is 7. The predicted octanol–water partition coefficient (Wildman–Crippen LogP) is -3.36. The van der Waals surface area contributed by atoms with Crippen molar-refractivity contribution in [1.82, 2.24) is 10.6 Å². The van der Waals surface area contributed by atoms with E-state index in [0.717, 1.165) is 0 Å². The van der Waals surface area contributed by atoms with Gasteiger partial charge in [-0.15, -0.1) is 0 Å². The monoisotopic (exact) mass is 308 g/mol. The molecule has 0 aliphatic carbocycles. The summed E-state index contributed by atoms with van der Waals surface area (Å²) in [5, 5.41) is 22.6. The van der Waals surface area contributed by atoms with Crippen molar-refractivity contribution >= 4 is 30.4 Å². The highest BCUT2D eigenvalue weighted by molar-refractivity contribution is 7.80. The van der Waals surface area contributed by atoms with Crippen LogP contribution in [0.15, 0.2) is 0 Å². The Morgan fingerprint density at radius 3 is 2.15 bits per heavy atom. The summed E-state index contributed by atoms with van der Waals surface area (Å²) in [6.07, 6.45) is -1.24. The maximum Gasteiger partial charge on any atom is 0.327 e. The Bertz CT molecular complexity index is 366. The standard InChI is InChI=1S/C10H20N4O5S/c1-4(15)7(14-8(16)5(12)3-20)9(17)13-6(2-11)10(18)19/h4-7,15,20H,2-3,11-12H2,1H3,(H,13,17)(H,14,16)(H,18,19)/t4-,5+,6+,7+/m1/s1. The fourth-order valence-electron chi connectivity index (χ4n) is 1.23. The van der Waals surface area contributed by atoms with Crippen LogP contribution in [0, 0.1) is 0 Å². The molecule has 0 bridgehead atoms. The van der Waals surface area contributed by atoms with Gasteiger partial charge in [0.2, 0.25) is 11.8 Å². The molecular weight excluding hydrogens is 288 g/mol. The van der Waals surface area contributed by atoms with Crippen molar-refractivity contribution in [2.24, 2.45) is 11.5 Å². The van der Waals surface area contributed by atoms with Gasteiger partial charge in [0.1, 0.15) is 12.1 Å². The molecule has 0 unspecified atom stereocenters. The van der Waals surface area contributed by atoms with Crippen molar-refractivity contribution in [3.8, 4) is 0 Å². The van der Waals surface area contributed by atoms with Gasteiger partial charge in [-0.1, -0.05) is 0 Å². The van der Waals surface area contributed by atoms with Crippen LogP contribution in [0.25, 0.3) is 0 Å². The number of carboxylic acid groups (broad SMARTS) is 1. The van der Waals surface area contributed by atoms with Gasteiger partial charge in [-0.3, -0.25) is 9.59 Å². The Labute approximate surface area is 121 Å². The highest BCUT2D eigenvalue weighted by Crippen LogP contribution is 1.97. The second kappa shape index (κ2) is 8.74. The third-order valence-corrected chi connectivity index (χ3v) is 2.84. The summed E-state index contributed by atoms with van der Waals surface area (Å²) in [6.45, 7) is 0.951. The van der Waals surface area contributed by atoms with Gasteiger partial charge in [0.25, 0.3) is 0 Å². The minimum Gasteiger partial charge on any atom is -0.480 e. The minimum absolute atomic E-state index is 0.0561. The van der Waals surface area contributed by atoms with Gasteiger partial charge in [0, 0.05) is 12.3 Å². The summed E-state index contributed by atoms with van der Waals surface area (Å²) in [7, 11) is 0. The van der Waals surface area contributed by atoms with E-state index in [-0.39, 0.29) is 12.3 Å². The molecule has 0 spiro atoms. The van der Waals surface area contributed by atoms with E-state index in [1.165, 1.54) is 6.92 Å². The number of hydrogen-bond donors (Lipinski definition) is 7. The van der Waals surface area contributed by atoms with Gasteiger partial charge in [-0.25, -0.2) is 4.79 Å². The number of aliphatic hydroxyl groups excluding tert-OH is 1. The van der Waals surface area contributed by atoms with Gasteiger partial charge in [-0.2, -0.15) is 12.6 Å². The zero-order chi connectivity index (χ0) is 15.9. The van der Waals surface area contributed by atoms with Crippen LogP contribution >= 0.6 is 12.6 Å². The number of carboxylic acids is 1. The predicted molar refractivity (Wildman–Crippen MR) is 74.1 cm³/mol. The molecule has 0 saturated heterocycles. The summed E-state index contributed by atoms with van der Waals surface area (Å²) in [5.41, 5.74) is 10.6. The van der Waals surface area contributed by atoms with E-state index in [9.17, 15) is 19.5 Å². The summed E-state index contributed by atoms with van der Waals surface area (Å²) < 4.78 is 0. The molecule has 10 heteroatoms. The fraction of sp³-hybridized carbons (Fsp3) is 0.700. The Hall–Kier alpha value is -1.36. The van der Waals surface area contributed by atoms with E-state index in [1.807, 2.05) is 0 Å². The molecule has 0 radical (unpaired) electrons. The Morgan fingerprint density at radius 1 is 1.25 bits per heavy atom. The van der Waals surface area contributed by atoms with Crippen LogP contribution < -0.4 is 22.1 Å². The average molecular weight is 308 g/mol. The number of thiol groups is 1. The molecule has 0 aliphatic heterocycles. The van der Waals surface area contributed by atoms with Crippen molar-refractivity contribution < 1.29 is 24.6 Å². The van der Waals surface area contributed by atoms with Gasteiger partial charge >= 0.3 is 5.97 Å². The van der Waals surface area contributed by atoms with Gasteiger partial charge in [-0.05, 0) is 6.92 Å². The molecule has 9 nitrogen and oxygen atoms in total. The molecule has 0 saturated carbocycles. The molecule has 0 heterocycles. The SMILES string of the molecule is C[C@@H](O)[C@H](NC(=O)[C@@H](N)CS)C(=O)N[C@@H](CN)C(=O)O. The zero-order valence-corrected chi connectivity index (χ0v) is 11.8. The summed E-state index contributed by atoms with van der Waals surface area (Å²) in [5.74, 6) is -2.80. The van der Waals surface area contributed by atoms with E-state index in [1.54, 1.807) is 0 Å². The lowest BCUT2D eigenvalue weighted by Crippen LogP contribution is -2.59. The van der Waals surface area contributed by atoms with Crippen molar-refractivity contribution in [3.05, 3.63) is 0 Å². The molecule has 0 rings (SSSR count). The van der Waals surface area contributed by atoms with Crippen LogP contribution in [0.1, 0.15) is 6.92 Å². The van der Waals surface area contributed by atoms with E-state index < -0.39 is 42.0 Å². The van der Waals surface area contributed by atoms with Crippen molar-refractivity contribution in [3.63, 3.8) is 0 Å². The van der Waals surface area contributed by atoms with Crippen LogP contribution in [0.2, 0.25) is 0 Å². The van der Waals surface area contributed by atoms with Crippen LogP contribution in [-0.2, 0) is 14.4 Å². The van der Waals surface area contributed by atoms with E-state index in [0.29, 0.717) is 0 Å². The highest BCUT2D eigenvalue weighted by Gasteiger charge is 2.30. The molecule has 2 amide bonds. The van der Waals surface area contributed by atoms with Crippen LogP contribution in [0.5, 0.6) is 0 Å². The summed E-state index contributed by atoms with van der Waals surface area (Å²) >= 11 is 3.84. The Morgan fingerprint density at radius 2 is 1.80 bits per heavy atom. The molecule has 0 aromatic heterocycles. The lowest BCUT2D eigenvalue weighted by atomic mass is 10.1. The lowest BCUT2D eigenvalue weighted by Gasteiger charge is -2.23. The molecule has 0 fully saturated rings. The van der Waals surface area contributed by atoms with E-state index in [2.05, 4.69) is 23.3 Å². The highest BCUT2D eigenvalue weighted by atomic mass is 32.1. The number of aliphatic carboxylic acids is 1. The minimum atomic E-state index is -1.33. The molecule has 0 aromatic rings. The molecular formula is C10H20N4O5S. The second-order valence-electron chi connectivity index (χ2n) is 4.15. The molecule has 116 valence electrons. The number of aliphatic hydroxyl groups is 1. The number of nitrogens with two attached hydrogens (primary N) is 2. The second-order valence-corrected chi connectivity index (χ2v) is 4.52. The number of carbonyl (C=O) groups is 3. The number of nitrogens with one attached hydrogen (secondary N) is 2. The third kappa shape index (κ3) is 5.74. The lowest BCUT2D eigenvalue weighted by molar-refractivity contribution is -0.142. The van der Waals surface area contributed by atoms with Gasteiger partial charge in [0.15, 0.2) is 0 Å². The van der Waals surface area contributed by atoms with Crippen LogP contribution in [-0.4, -0.2) is 64.5 Å². The van der Waals surface area contributed by atoms with Crippen LogP contribution in [0.4, 0.5) is 0 Å². The van der Waals surface area contributed by atoms with Crippen LogP contribution in [0.3, 0.4) is 0 Å². The maximum atomic E-state index is 11.8. The molecule has 0 aliphatic rings. The topological polar surface area (TPSA) is 168 Å². The van der Waals surface area contributed by atoms with Crippen molar-refractivity contribution in [2.75, 3.05) is 12.3 Å². The number of rotatable bonds is 8. The van der Waals surface area contributed by atoms with E-state index in [4.69, 9.17) is 16.6 Å². The molecule has 4 atom stereocenters. The quantitative estimate of drug-likeness (QED) is 0.230.